The van der Waals surface area contributed by atoms with Crippen LogP contribution in [0, 0.1) is 11.6 Å². The molecule has 3 rings (SSSR count). The number of thioether (sulfide) groups is 1. The van der Waals surface area contributed by atoms with Crippen LogP contribution >= 0.6 is 11.8 Å². The van der Waals surface area contributed by atoms with Crippen LogP contribution < -0.4 is 5.32 Å². The van der Waals surface area contributed by atoms with E-state index in [4.69, 9.17) is 0 Å². The van der Waals surface area contributed by atoms with Crippen LogP contribution in [-0.4, -0.2) is 21.6 Å². The number of aromatic nitrogens is 2. The predicted molar refractivity (Wildman–Crippen MR) is 89.7 cm³/mol. The molecule has 4 nitrogen and oxygen atoms in total. The Bertz CT molecular complexity index is 848. The number of aromatic amines is 1. The summed E-state index contributed by atoms with van der Waals surface area (Å²) in [5.74, 6) is -0.871. The Morgan fingerprint density at radius 3 is 2.83 bits per heavy atom. The number of amides is 1. The van der Waals surface area contributed by atoms with Gasteiger partial charge < -0.3 is 10.3 Å². The second-order valence-electron chi connectivity index (χ2n) is 5.29. The second-order valence-corrected chi connectivity index (χ2v) is 6.31. The molecule has 2 aromatic carbocycles. The van der Waals surface area contributed by atoms with E-state index in [1.807, 2.05) is 31.2 Å². The van der Waals surface area contributed by atoms with Crippen LogP contribution in [0.4, 0.5) is 8.78 Å². The summed E-state index contributed by atoms with van der Waals surface area (Å²) in [5, 5.41) is 2.81. The van der Waals surface area contributed by atoms with Crippen LogP contribution in [0.3, 0.4) is 0 Å². The highest BCUT2D eigenvalue weighted by Crippen LogP contribution is 2.22. The third-order valence-electron chi connectivity index (χ3n) is 3.45. The van der Waals surface area contributed by atoms with Gasteiger partial charge in [-0.15, -0.1) is 11.8 Å². The molecule has 3 aromatic rings. The molecule has 0 saturated heterocycles. The van der Waals surface area contributed by atoms with Gasteiger partial charge in [-0.1, -0.05) is 12.1 Å². The molecular formula is C17H15F2N3OS. The van der Waals surface area contributed by atoms with E-state index in [2.05, 4.69) is 15.3 Å². The number of carbonyl (C=O) groups excluding carboxylic acids is 1. The number of nitrogens with zero attached hydrogens (tertiary/aromatic N) is 1. The number of hydrogen-bond acceptors (Lipinski definition) is 3. The zero-order chi connectivity index (χ0) is 17.1. The molecule has 0 spiro atoms. The van der Waals surface area contributed by atoms with E-state index in [0.717, 1.165) is 28.9 Å². The first kappa shape index (κ1) is 16.4. The van der Waals surface area contributed by atoms with Crippen LogP contribution in [-0.2, 0) is 4.79 Å². The number of nitrogens with one attached hydrogen (secondary N) is 2. The number of rotatable bonds is 5. The van der Waals surface area contributed by atoms with Gasteiger partial charge in [-0.05, 0) is 31.2 Å². The zero-order valence-electron chi connectivity index (χ0n) is 12.8. The van der Waals surface area contributed by atoms with Gasteiger partial charge in [0, 0.05) is 11.0 Å². The van der Waals surface area contributed by atoms with Crippen molar-refractivity contribution in [1.82, 2.24) is 15.3 Å². The Kier molecular flexibility index (Phi) is 4.80. The largest absolute Gasteiger partial charge is 0.346 e. The maximum absolute atomic E-state index is 13.5. The number of para-hydroxylation sites is 2. The van der Waals surface area contributed by atoms with E-state index in [1.165, 1.54) is 12.1 Å². The number of imidazole rings is 1. The first-order valence-corrected chi connectivity index (χ1v) is 8.33. The molecule has 0 aliphatic rings. The molecule has 2 N–H and O–H groups in total. The number of halogens is 2. The number of fused-ring (bicyclic) bond motifs is 1. The van der Waals surface area contributed by atoms with Crippen molar-refractivity contribution in [3.63, 3.8) is 0 Å². The van der Waals surface area contributed by atoms with Crippen molar-refractivity contribution in [2.24, 2.45) is 0 Å². The smallest absolute Gasteiger partial charge is 0.230 e. The van der Waals surface area contributed by atoms with Crippen LogP contribution in [0.2, 0.25) is 0 Å². The molecule has 124 valence electrons. The fourth-order valence-electron chi connectivity index (χ4n) is 2.26. The van der Waals surface area contributed by atoms with Crippen LogP contribution in [0.1, 0.15) is 18.8 Å². The molecule has 0 bridgehead atoms. The average molecular weight is 347 g/mol. The lowest BCUT2D eigenvalue weighted by Crippen LogP contribution is -2.28. The predicted octanol–water partition coefficient (Wildman–Crippen LogP) is 3.81. The molecule has 0 aliphatic heterocycles. The summed E-state index contributed by atoms with van der Waals surface area (Å²) in [6.45, 7) is 1.82. The Balaban J connectivity index is 1.59. The molecule has 7 heteroatoms. The quantitative estimate of drug-likeness (QED) is 0.690. The van der Waals surface area contributed by atoms with Crippen molar-refractivity contribution in [3.8, 4) is 0 Å². The lowest BCUT2D eigenvalue weighted by Gasteiger charge is -2.11. The average Bonchev–Trinajstić information content (AvgIpc) is 2.98. The van der Waals surface area contributed by atoms with Gasteiger partial charge in [0.25, 0.3) is 0 Å². The van der Waals surface area contributed by atoms with Crippen molar-refractivity contribution < 1.29 is 13.6 Å². The third kappa shape index (κ3) is 3.73. The summed E-state index contributed by atoms with van der Waals surface area (Å²) in [5.41, 5.74) is 1.73. The third-order valence-corrected chi connectivity index (χ3v) is 4.50. The molecule has 1 heterocycles. The number of H-pyrrole nitrogens is 1. The number of hydrogen-bond donors (Lipinski definition) is 2. The van der Waals surface area contributed by atoms with Gasteiger partial charge in [-0.3, -0.25) is 4.79 Å². The van der Waals surface area contributed by atoms with Gasteiger partial charge in [-0.25, -0.2) is 13.8 Å². The summed E-state index contributed by atoms with van der Waals surface area (Å²) in [6, 6.07) is 10.6. The summed E-state index contributed by atoms with van der Waals surface area (Å²) in [6.07, 6.45) is 0. The van der Waals surface area contributed by atoms with Crippen LogP contribution in [0.15, 0.2) is 47.4 Å². The lowest BCUT2D eigenvalue weighted by molar-refractivity contribution is -0.119. The lowest BCUT2D eigenvalue weighted by atomic mass is 10.3. The summed E-state index contributed by atoms with van der Waals surface area (Å²) in [4.78, 5) is 19.8. The van der Waals surface area contributed by atoms with E-state index in [9.17, 15) is 13.6 Å². The molecule has 0 unspecified atom stereocenters. The fourth-order valence-corrected chi connectivity index (χ4v) is 3.00. The van der Waals surface area contributed by atoms with Gasteiger partial charge in [0.1, 0.15) is 17.5 Å². The molecule has 1 atom stereocenters. The fraction of sp³-hybridized carbons (Fsp3) is 0.176. The zero-order valence-corrected chi connectivity index (χ0v) is 13.7. The SMILES string of the molecule is C[C@@H](NC(=O)CSc1ccc(F)cc1F)c1nc2ccccc2[nH]1. The van der Waals surface area contributed by atoms with Crippen molar-refractivity contribution >= 4 is 28.7 Å². The first-order chi connectivity index (χ1) is 11.5. The molecule has 1 amide bonds. The Morgan fingerprint density at radius 2 is 2.08 bits per heavy atom. The second kappa shape index (κ2) is 7.00. The summed E-state index contributed by atoms with van der Waals surface area (Å²) >= 11 is 1.02. The maximum Gasteiger partial charge on any atom is 0.230 e. The van der Waals surface area contributed by atoms with Crippen molar-refractivity contribution in [2.45, 2.75) is 17.9 Å². The van der Waals surface area contributed by atoms with Gasteiger partial charge >= 0.3 is 0 Å². The first-order valence-electron chi connectivity index (χ1n) is 7.35. The summed E-state index contributed by atoms with van der Waals surface area (Å²) < 4.78 is 26.4. The molecule has 0 fully saturated rings. The van der Waals surface area contributed by atoms with Gasteiger partial charge in [-0.2, -0.15) is 0 Å². The van der Waals surface area contributed by atoms with Crippen LogP contribution in [0.25, 0.3) is 11.0 Å². The minimum atomic E-state index is -0.668. The maximum atomic E-state index is 13.5. The standard InChI is InChI=1S/C17H15F2N3OS/c1-10(17-21-13-4-2-3-5-14(13)22-17)20-16(23)9-24-15-7-6-11(18)8-12(15)19/h2-8,10H,9H2,1H3,(H,20,23)(H,21,22)/t10-/m1/s1. The molecular weight excluding hydrogens is 332 g/mol. The highest BCUT2D eigenvalue weighted by Gasteiger charge is 2.14. The minimum Gasteiger partial charge on any atom is -0.346 e. The number of carbonyl (C=O) groups is 1. The van der Waals surface area contributed by atoms with E-state index in [1.54, 1.807) is 0 Å². The Labute approximate surface area is 141 Å². The van der Waals surface area contributed by atoms with E-state index in [-0.39, 0.29) is 22.6 Å². The van der Waals surface area contributed by atoms with Crippen LogP contribution in [0.5, 0.6) is 0 Å². The van der Waals surface area contributed by atoms with Gasteiger partial charge in [0.2, 0.25) is 5.91 Å². The van der Waals surface area contributed by atoms with E-state index >= 15 is 0 Å². The highest BCUT2D eigenvalue weighted by molar-refractivity contribution is 8.00. The molecule has 0 saturated carbocycles. The molecule has 0 aliphatic carbocycles. The monoisotopic (exact) mass is 347 g/mol. The minimum absolute atomic E-state index is 0.0348. The number of benzene rings is 2. The molecule has 1 aromatic heterocycles. The normalized spacial score (nSPS) is 12.3. The van der Waals surface area contributed by atoms with Gasteiger partial charge in [0.15, 0.2) is 0 Å². The van der Waals surface area contributed by atoms with E-state index < -0.39 is 11.6 Å². The topological polar surface area (TPSA) is 57.8 Å². The Morgan fingerprint density at radius 1 is 1.29 bits per heavy atom. The summed E-state index contributed by atoms with van der Waals surface area (Å²) in [7, 11) is 0. The van der Waals surface area contributed by atoms with Gasteiger partial charge in [0.05, 0.1) is 22.8 Å². The van der Waals surface area contributed by atoms with Crippen molar-refractivity contribution in [2.75, 3.05) is 5.75 Å². The van der Waals surface area contributed by atoms with Crippen molar-refractivity contribution in [1.29, 1.82) is 0 Å². The Hall–Kier alpha value is -2.41. The molecule has 24 heavy (non-hydrogen) atoms. The van der Waals surface area contributed by atoms with Crippen molar-refractivity contribution in [3.05, 3.63) is 59.9 Å². The molecule has 0 radical (unpaired) electrons. The van der Waals surface area contributed by atoms with E-state index in [0.29, 0.717) is 5.82 Å². The highest BCUT2D eigenvalue weighted by atomic mass is 32.2.